The van der Waals surface area contributed by atoms with Gasteiger partial charge in [-0.3, -0.25) is 0 Å². The molecule has 1 unspecified atom stereocenters. The Balaban J connectivity index is 2.27. The Morgan fingerprint density at radius 2 is 2.07 bits per heavy atom. The molecule has 15 heavy (non-hydrogen) atoms. The SMILES string of the molecule is CC1C=NN(c2ccc(O)cc2)C(=O)O1. The Morgan fingerprint density at radius 1 is 1.40 bits per heavy atom. The molecule has 2 rings (SSSR count). The van der Waals surface area contributed by atoms with Gasteiger partial charge in [-0.1, -0.05) is 0 Å². The highest BCUT2D eigenvalue weighted by Crippen LogP contribution is 2.21. The fourth-order valence-corrected chi connectivity index (χ4v) is 1.21. The number of rotatable bonds is 1. The van der Waals surface area contributed by atoms with Crippen molar-refractivity contribution >= 4 is 18.0 Å². The molecule has 5 nitrogen and oxygen atoms in total. The Kier molecular flexibility index (Phi) is 2.29. The average Bonchev–Trinajstić information content (AvgIpc) is 2.20. The van der Waals surface area contributed by atoms with Gasteiger partial charge in [0.15, 0.2) is 0 Å². The normalized spacial score (nSPS) is 20.2. The summed E-state index contributed by atoms with van der Waals surface area (Å²) in [5.74, 6) is 0.140. The third-order valence-corrected chi connectivity index (χ3v) is 1.95. The molecule has 1 aliphatic rings. The van der Waals surface area contributed by atoms with Crippen molar-refractivity contribution in [2.75, 3.05) is 5.01 Å². The van der Waals surface area contributed by atoms with Crippen molar-refractivity contribution in [1.82, 2.24) is 0 Å². The van der Waals surface area contributed by atoms with Crippen LogP contribution < -0.4 is 5.01 Å². The van der Waals surface area contributed by atoms with E-state index in [1.165, 1.54) is 18.3 Å². The molecule has 1 atom stereocenters. The van der Waals surface area contributed by atoms with E-state index in [2.05, 4.69) is 5.10 Å². The number of phenols is 1. The number of aromatic hydroxyl groups is 1. The lowest BCUT2D eigenvalue weighted by Crippen LogP contribution is -2.35. The second-order valence-electron chi connectivity index (χ2n) is 3.18. The second-order valence-corrected chi connectivity index (χ2v) is 3.18. The number of nitrogens with zero attached hydrogens (tertiary/aromatic N) is 2. The molecule has 0 fully saturated rings. The molecular weight excluding hydrogens is 196 g/mol. The first-order chi connectivity index (χ1) is 7.16. The van der Waals surface area contributed by atoms with Crippen molar-refractivity contribution in [3.8, 4) is 5.75 Å². The maximum Gasteiger partial charge on any atom is 0.435 e. The predicted octanol–water partition coefficient (Wildman–Crippen LogP) is 1.72. The lowest BCUT2D eigenvalue weighted by Gasteiger charge is -2.22. The summed E-state index contributed by atoms with van der Waals surface area (Å²) in [6.45, 7) is 1.73. The van der Waals surface area contributed by atoms with Crippen LogP contribution in [0.25, 0.3) is 0 Å². The fraction of sp³-hybridized carbons (Fsp3) is 0.200. The Bertz CT molecular complexity index is 400. The van der Waals surface area contributed by atoms with Gasteiger partial charge in [0.25, 0.3) is 0 Å². The lowest BCUT2D eigenvalue weighted by molar-refractivity contribution is 0.138. The maximum absolute atomic E-state index is 11.4. The van der Waals surface area contributed by atoms with Crippen molar-refractivity contribution in [1.29, 1.82) is 0 Å². The number of anilines is 1. The van der Waals surface area contributed by atoms with E-state index in [9.17, 15) is 4.79 Å². The standard InChI is InChI=1S/C10H10N2O3/c1-7-6-11-12(10(14)15-7)8-2-4-9(13)5-3-8/h2-7,13H,1H3. The van der Waals surface area contributed by atoms with E-state index >= 15 is 0 Å². The van der Waals surface area contributed by atoms with Crippen LogP contribution in [-0.4, -0.2) is 23.5 Å². The molecular formula is C10H10N2O3. The molecule has 0 radical (unpaired) electrons. The van der Waals surface area contributed by atoms with Crippen LogP contribution >= 0.6 is 0 Å². The summed E-state index contributed by atoms with van der Waals surface area (Å²) in [6.07, 6.45) is 0.718. The first-order valence-corrected chi connectivity index (χ1v) is 4.51. The summed E-state index contributed by atoms with van der Waals surface area (Å²) >= 11 is 0. The molecule has 0 saturated carbocycles. The summed E-state index contributed by atoms with van der Waals surface area (Å²) in [6, 6.07) is 6.14. The van der Waals surface area contributed by atoms with Gasteiger partial charge < -0.3 is 9.84 Å². The fourth-order valence-electron chi connectivity index (χ4n) is 1.21. The Hall–Kier alpha value is -2.04. The molecule has 1 amide bonds. The number of carbonyl (C=O) groups is 1. The second kappa shape index (κ2) is 3.61. The summed E-state index contributed by atoms with van der Waals surface area (Å²) < 4.78 is 4.96. The van der Waals surface area contributed by atoms with E-state index in [-0.39, 0.29) is 11.9 Å². The number of carbonyl (C=O) groups excluding carboxylic acids is 1. The van der Waals surface area contributed by atoms with Crippen LogP contribution in [0.4, 0.5) is 10.5 Å². The average molecular weight is 206 g/mol. The van der Waals surface area contributed by atoms with Crippen LogP contribution in [0.5, 0.6) is 5.75 Å². The Labute approximate surface area is 86.6 Å². The summed E-state index contributed by atoms with van der Waals surface area (Å²) in [4.78, 5) is 11.4. The highest BCUT2D eigenvalue weighted by atomic mass is 16.6. The minimum absolute atomic E-state index is 0.140. The molecule has 0 aromatic heterocycles. The largest absolute Gasteiger partial charge is 0.508 e. The van der Waals surface area contributed by atoms with Crippen molar-refractivity contribution < 1.29 is 14.6 Å². The van der Waals surface area contributed by atoms with Crippen molar-refractivity contribution in [3.63, 3.8) is 0 Å². The molecule has 0 bridgehead atoms. The first-order valence-electron chi connectivity index (χ1n) is 4.51. The first kappa shape index (κ1) is 9.51. The number of hydrazone groups is 1. The number of amides is 1. The van der Waals surface area contributed by atoms with Crippen LogP contribution in [0.15, 0.2) is 29.4 Å². The lowest BCUT2D eigenvalue weighted by atomic mass is 10.3. The molecule has 1 aromatic carbocycles. The van der Waals surface area contributed by atoms with E-state index < -0.39 is 6.09 Å². The smallest absolute Gasteiger partial charge is 0.435 e. The van der Waals surface area contributed by atoms with Gasteiger partial charge in [0.1, 0.15) is 11.9 Å². The molecule has 0 saturated heterocycles. The van der Waals surface area contributed by atoms with E-state index in [0.717, 1.165) is 5.01 Å². The van der Waals surface area contributed by atoms with Gasteiger partial charge in [-0.25, -0.2) is 4.79 Å². The zero-order valence-electron chi connectivity index (χ0n) is 8.12. The molecule has 5 heteroatoms. The zero-order chi connectivity index (χ0) is 10.8. The Morgan fingerprint density at radius 3 is 2.67 bits per heavy atom. The minimum Gasteiger partial charge on any atom is -0.508 e. The quantitative estimate of drug-likeness (QED) is 0.761. The van der Waals surface area contributed by atoms with Gasteiger partial charge in [-0.05, 0) is 31.2 Å². The molecule has 1 aromatic rings. The molecule has 0 spiro atoms. The number of hydrogen-bond donors (Lipinski definition) is 1. The number of benzene rings is 1. The van der Waals surface area contributed by atoms with Crippen LogP contribution in [0.3, 0.4) is 0 Å². The number of cyclic esters (lactones) is 1. The van der Waals surface area contributed by atoms with Crippen LogP contribution in [0, 0.1) is 0 Å². The topological polar surface area (TPSA) is 62.1 Å². The van der Waals surface area contributed by atoms with Gasteiger partial charge in [0.2, 0.25) is 0 Å². The highest BCUT2D eigenvalue weighted by Gasteiger charge is 2.22. The number of ether oxygens (including phenoxy) is 1. The molecule has 1 N–H and O–H groups in total. The number of hydrogen-bond acceptors (Lipinski definition) is 4. The third kappa shape index (κ3) is 1.90. The summed E-state index contributed by atoms with van der Waals surface area (Å²) in [5.41, 5.74) is 0.556. The van der Waals surface area contributed by atoms with Crippen molar-refractivity contribution in [2.24, 2.45) is 5.10 Å². The molecule has 1 aliphatic heterocycles. The van der Waals surface area contributed by atoms with Gasteiger partial charge in [0, 0.05) is 0 Å². The van der Waals surface area contributed by atoms with Crippen LogP contribution in [0.2, 0.25) is 0 Å². The maximum atomic E-state index is 11.4. The van der Waals surface area contributed by atoms with Crippen molar-refractivity contribution in [3.05, 3.63) is 24.3 Å². The van der Waals surface area contributed by atoms with Crippen LogP contribution in [-0.2, 0) is 4.74 Å². The van der Waals surface area contributed by atoms with E-state index in [4.69, 9.17) is 9.84 Å². The van der Waals surface area contributed by atoms with Gasteiger partial charge >= 0.3 is 6.09 Å². The predicted molar refractivity (Wildman–Crippen MR) is 55.0 cm³/mol. The number of phenolic OH excluding ortho intramolecular Hbond substituents is 1. The van der Waals surface area contributed by atoms with E-state index in [1.807, 2.05) is 0 Å². The zero-order valence-corrected chi connectivity index (χ0v) is 8.12. The van der Waals surface area contributed by atoms with E-state index in [0.29, 0.717) is 5.69 Å². The third-order valence-electron chi connectivity index (χ3n) is 1.95. The monoisotopic (exact) mass is 206 g/mol. The minimum atomic E-state index is -0.518. The van der Waals surface area contributed by atoms with Gasteiger partial charge in [-0.2, -0.15) is 10.1 Å². The molecule has 1 heterocycles. The van der Waals surface area contributed by atoms with Gasteiger partial charge in [-0.15, -0.1) is 0 Å². The van der Waals surface area contributed by atoms with Crippen molar-refractivity contribution in [2.45, 2.75) is 13.0 Å². The molecule has 78 valence electrons. The van der Waals surface area contributed by atoms with Crippen LogP contribution in [0.1, 0.15) is 6.92 Å². The van der Waals surface area contributed by atoms with E-state index in [1.54, 1.807) is 19.1 Å². The molecule has 0 aliphatic carbocycles. The highest BCUT2D eigenvalue weighted by molar-refractivity contribution is 5.92. The summed E-state index contributed by atoms with van der Waals surface area (Å²) in [5, 5.41) is 14.2. The summed E-state index contributed by atoms with van der Waals surface area (Å²) in [7, 11) is 0. The van der Waals surface area contributed by atoms with Gasteiger partial charge in [0.05, 0.1) is 11.9 Å².